The molecular weight excluding hydrogens is 455 g/mol. The van der Waals surface area contributed by atoms with Crippen LogP contribution in [0.25, 0.3) is 0 Å². The highest BCUT2D eigenvalue weighted by Crippen LogP contribution is 2.13. The van der Waals surface area contributed by atoms with E-state index in [1.165, 1.54) is 12.1 Å². The molecule has 0 heterocycles. The highest BCUT2D eigenvalue weighted by molar-refractivity contribution is 7.97. The molecule has 0 unspecified atom stereocenters. The van der Waals surface area contributed by atoms with E-state index in [0.717, 1.165) is 31.7 Å². The largest absolute Gasteiger partial charge is 0.351 e. The predicted octanol–water partition coefficient (Wildman–Crippen LogP) is 5.19. The molecule has 0 amide bonds. The second kappa shape index (κ2) is 13.8. The highest BCUT2D eigenvalue weighted by atomic mass is 32.1. The van der Waals surface area contributed by atoms with Gasteiger partial charge in [-0.25, -0.2) is 4.39 Å². The molecule has 0 aliphatic rings. The van der Waals surface area contributed by atoms with E-state index in [2.05, 4.69) is 45.7 Å². The minimum Gasteiger partial charge on any atom is -0.351 e. The van der Waals surface area contributed by atoms with Crippen LogP contribution in [0.2, 0.25) is 0 Å². The van der Waals surface area contributed by atoms with Crippen molar-refractivity contribution in [3.63, 3.8) is 0 Å². The lowest BCUT2D eigenvalue weighted by Crippen LogP contribution is -2.27. The van der Waals surface area contributed by atoms with Crippen molar-refractivity contribution < 1.29 is 4.39 Å². The highest BCUT2D eigenvalue weighted by Gasteiger charge is 2.16. The molecule has 0 atom stereocenters. The molecule has 0 aliphatic heterocycles. The van der Waals surface area contributed by atoms with Crippen molar-refractivity contribution in [1.82, 2.24) is 9.80 Å². The third kappa shape index (κ3) is 7.71. The summed E-state index contributed by atoms with van der Waals surface area (Å²) in [6.45, 7) is 11.1. The van der Waals surface area contributed by atoms with Gasteiger partial charge in [0.25, 0.3) is 0 Å². The van der Waals surface area contributed by atoms with Crippen molar-refractivity contribution in [2.24, 2.45) is 20.4 Å². The number of rotatable bonds is 9. The van der Waals surface area contributed by atoms with Gasteiger partial charge in [-0.1, -0.05) is 30.3 Å². The Morgan fingerprint density at radius 1 is 0.636 bits per heavy atom. The molecule has 2 aromatic carbocycles. The first-order valence-corrected chi connectivity index (χ1v) is 11.8. The van der Waals surface area contributed by atoms with E-state index in [9.17, 15) is 4.39 Å². The molecule has 2 rings (SSSR count). The van der Waals surface area contributed by atoms with Crippen molar-refractivity contribution in [3.05, 3.63) is 71.5 Å². The molecule has 0 saturated heterocycles. The van der Waals surface area contributed by atoms with E-state index in [1.54, 1.807) is 12.1 Å². The van der Waals surface area contributed by atoms with Gasteiger partial charge in [0.05, 0.1) is 0 Å². The van der Waals surface area contributed by atoms with E-state index < -0.39 is 0 Å². The van der Waals surface area contributed by atoms with Crippen molar-refractivity contribution in [3.8, 4) is 0 Å². The van der Waals surface area contributed by atoms with Crippen LogP contribution in [-0.4, -0.2) is 57.7 Å². The molecule has 0 aromatic heterocycles. The zero-order valence-corrected chi connectivity index (χ0v) is 21.3. The third-order valence-electron chi connectivity index (χ3n) is 4.96. The summed E-state index contributed by atoms with van der Waals surface area (Å²) < 4.78 is 13.7. The lowest BCUT2D eigenvalue weighted by atomic mass is 10.00. The van der Waals surface area contributed by atoms with E-state index in [4.69, 9.17) is 0 Å². The summed E-state index contributed by atoms with van der Waals surface area (Å²) in [5, 5.41) is 18.7. The Bertz CT molecular complexity index is 995. The summed E-state index contributed by atoms with van der Waals surface area (Å²) in [4.78, 5) is 3.95. The average molecular weight is 487 g/mol. The van der Waals surface area contributed by atoms with Crippen molar-refractivity contribution in [1.29, 1.82) is 0 Å². The Labute approximate surface area is 206 Å². The van der Waals surface area contributed by atoms with Crippen LogP contribution in [0, 0.1) is 5.82 Å². The number of nitrogens with zero attached hydrogens (tertiary/aromatic N) is 6. The van der Waals surface area contributed by atoms with E-state index >= 15 is 0 Å². The first-order chi connectivity index (χ1) is 15.9. The zero-order valence-electron chi connectivity index (χ0n) is 19.5. The van der Waals surface area contributed by atoms with Crippen molar-refractivity contribution in [2.45, 2.75) is 27.7 Å². The lowest BCUT2D eigenvalue weighted by molar-refractivity contribution is 0.473. The Morgan fingerprint density at radius 3 is 1.42 bits per heavy atom. The Hall–Kier alpha value is -2.65. The molecule has 33 heavy (non-hydrogen) atoms. The maximum absolute atomic E-state index is 13.7. The maximum Gasteiger partial charge on any atom is 0.182 e. The molecule has 0 bridgehead atoms. The second-order valence-corrected chi connectivity index (χ2v) is 7.71. The lowest BCUT2D eigenvalue weighted by Gasteiger charge is -2.18. The molecule has 0 aliphatic carbocycles. The smallest absolute Gasteiger partial charge is 0.182 e. The quantitative estimate of drug-likeness (QED) is 0.222. The van der Waals surface area contributed by atoms with Gasteiger partial charge in [-0.15, -0.1) is 45.7 Å². The molecule has 0 radical (unpaired) electrons. The fourth-order valence-corrected chi connectivity index (χ4v) is 3.67. The fourth-order valence-electron chi connectivity index (χ4n) is 3.02. The number of hydrogen-bond acceptors (Lipinski definition) is 4. The minimum atomic E-state index is -0.338. The van der Waals surface area contributed by atoms with Crippen LogP contribution in [0.1, 0.15) is 38.8 Å². The van der Waals surface area contributed by atoms with Crippen LogP contribution in [0.5, 0.6) is 0 Å². The number of thiol groups is 2. The summed E-state index contributed by atoms with van der Waals surface area (Å²) in [5.41, 5.74) is 2.39. The second-order valence-electron chi connectivity index (χ2n) is 6.91. The average Bonchev–Trinajstić information content (AvgIpc) is 2.84. The van der Waals surface area contributed by atoms with Crippen molar-refractivity contribution in [2.75, 3.05) is 26.2 Å². The molecule has 0 fully saturated rings. The minimum absolute atomic E-state index is 0.338. The SMILES string of the molecule is CCN(CC)/C(S)=N/N=C(/C(=N/N=C(\S)N(CC)CC)c1ccc(F)cc1)c1ccccc1. The van der Waals surface area contributed by atoms with Crippen LogP contribution in [0.3, 0.4) is 0 Å². The Balaban J connectivity index is 2.70. The topological polar surface area (TPSA) is 55.9 Å². The third-order valence-corrected chi connectivity index (χ3v) is 5.71. The summed E-state index contributed by atoms with van der Waals surface area (Å²) in [6.07, 6.45) is 0. The summed E-state index contributed by atoms with van der Waals surface area (Å²) in [7, 11) is 0. The van der Waals surface area contributed by atoms with Gasteiger partial charge >= 0.3 is 0 Å². The summed E-state index contributed by atoms with van der Waals surface area (Å²) in [5.74, 6) is -0.338. The molecule has 0 N–H and O–H groups in total. The number of benzene rings is 2. The monoisotopic (exact) mass is 486 g/mol. The Kier molecular flexibility index (Phi) is 11.1. The van der Waals surface area contributed by atoms with Gasteiger partial charge in [-0.05, 0) is 52.0 Å². The molecule has 2 aromatic rings. The van der Waals surface area contributed by atoms with Gasteiger partial charge in [0.15, 0.2) is 10.3 Å². The number of amidine groups is 2. The van der Waals surface area contributed by atoms with Crippen LogP contribution >= 0.6 is 25.3 Å². The van der Waals surface area contributed by atoms with Gasteiger partial charge in [0.2, 0.25) is 0 Å². The molecular formula is C24H31FN6S2. The van der Waals surface area contributed by atoms with Crippen LogP contribution < -0.4 is 0 Å². The van der Waals surface area contributed by atoms with Gasteiger partial charge in [-0.3, -0.25) is 0 Å². The van der Waals surface area contributed by atoms with Gasteiger partial charge in [0, 0.05) is 37.3 Å². The van der Waals surface area contributed by atoms with E-state index in [1.807, 2.05) is 67.8 Å². The summed E-state index contributed by atoms with van der Waals surface area (Å²) in [6, 6.07) is 15.6. The first kappa shape index (κ1) is 26.6. The normalized spacial score (nSPS) is 13.3. The zero-order chi connectivity index (χ0) is 24.2. The van der Waals surface area contributed by atoms with Crippen molar-refractivity contribution >= 4 is 47.0 Å². The molecule has 0 spiro atoms. The fraction of sp³-hybridized carbons (Fsp3) is 0.333. The van der Waals surface area contributed by atoms with Gasteiger partial charge < -0.3 is 9.80 Å². The van der Waals surface area contributed by atoms with Crippen LogP contribution in [0.4, 0.5) is 4.39 Å². The van der Waals surface area contributed by atoms with Gasteiger partial charge in [0.1, 0.15) is 17.2 Å². The molecule has 176 valence electrons. The van der Waals surface area contributed by atoms with Crippen LogP contribution in [-0.2, 0) is 0 Å². The number of hydrogen-bond donors (Lipinski definition) is 2. The van der Waals surface area contributed by atoms with E-state index in [0.29, 0.717) is 27.3 Å². The Morgan fingerprint density at radius 2 is 1.03 bits per heavy atom. The molecule has 9 heteroatoms. The van der Waals surface area contributed by atoms with Gasteiger partial charge in [-0.2, -0.15) is 0 Å². The first-order valence-electron chi connectivity index (χ1n) is 11.0. The standard InChI is InChI=1S/C24H31FN6S2/c1-5-30(6-2)23(32)28-26-21(18-12-10-9-11-13-18)22(19-14-16-20(25)17-15-19)27-29-24(33)31(7-3)8-4/h9-17H,5-8H2,1-4H3,(H,28,32)(H,29,33)/b26-21+,27-22+. The van der Waals surface area contributed by atoms with E-state index in [-0.39, 0.29) is 5.82 Å². The number of halogens is 1. The molecule has 6 nitrogen and oxygen atoms in total. The predicted molar refractivity (Wildman–Crippen MR) is 145 cm³/mol. The summed E-state index contributed by atoms with van der Waals surface area (Å²) >= 11 is 9.02. The molecule has 0 saturated carbocycles. The maximum atomic E-state index is 13.7. The van der Waals surface area contributed by atoms with Crippen LogP contribution in [0.15, 0.2) is 75.0 Å².